The van der Waals surface area contributed by atoms with Crippen molar-refractivity contribution in [3.63, 3.8) is 0 Å². The molecule has 2 aromatic carbocycles. The molecule has 3 aromatic rings. The Labute approximate surface area is 171 Å². The second-order valence-electron chi connectivity index (χ2n) is 5.93. The lowest BCUT2D eigenvalue weighted by Crippen LogP contribution is -2.12. The van der Waals surface area contributed by atoms with Gasteiger partial charge in [-0.2, -0.15) is 0 Å². The summed E-state index contributed by atoms with van der Waals surface area (Å²) in [5.74, 6) is -2.71. The third-order valence-corrected chi connectivity index (χ3v) is 5.97. The Balaban J connectivity index is 2.18. The van der Waals surface area contributed by atoms with Gasteiger partial charge in [-0.15, -0.1) is 0 Å². The highest BCUT2D eigenvalue weighted by atomic mass is 35.5. The fourth-order valence-electron chi connectivity index (χ4n) is 2.74. The number of aliphatic hydroxyl groups excluding tert-OH is 1. The maximum atomic E-state index is 13.1. The van der Waals surface area contributed by atoms with Gasteiger partial charge in [0.1, 0.15) is 0 Å². The molecule has 0 radical (unpaired) electrons. The number of aliphatic hydroxyl groups is 1. The van der Waals surface area contributed by atoms with Gasteiger partial charge in [-0.25, -0.2) is 17.2 Å². The number of hydrogen-bond donors (Lipinski definition) is 1. The smallest absolute Gasteiger partial charge is 0.373 e. The molecule has 0 spiro atoms. The summed E-state index contributed by atoms with van der Waals surface area (Å²) in [6.07, 6.45) is 1.83. The zero-order valence-electron chi connectivity index (χ0n) is 15.2. The number of halogens is 1. The van der Waals surface area contributed by atoms with Crippen LogP contribution >= 0.6 is 11.6 Å². The highest BCUT2D eigenvalue weighted by molar-refractivity contribution is 7.90. The van der Waals surface area contributed by atoms with Crippen LogP contribution < -0.4 is 0 Å². The molecule has 29 heavy (non-hydrogen) atoms. The molecule has 7 nitrogen and oxygen atoms in total. The van der Waals surface area contributed by atoms with Gasteiger partial charge in [0.25, 0.3) is 10.0 Å². The quantitative estimate of drug-likeness (QED) is 0.275. The van der Waals surface area contributed by atoms with E-state index in [9.17, 15) is 23.1 Å². The Morgan fingerprint density at radius 2 is 1.86 bits per heavy atom. The zero-order valence-corrected chi connectivity index (χ0v) is 16.8. The summed E-state index contributed by atoms with van der Waals surface area (Å²) in [4.78, 5) is 24.3. The van der Waals surface area contributed by atoms with Gasteiger partial charge in [0.2, 0.25) is 5.76 Å². The van der Waals surface area contributed by atoms with E-state index in [2.05, 4.69) is 4.74 Å². The molecule has 1 aromatic heterocycles. The summed E-state index contributed by atoms with van der Waals surface area (Å²) in [6.45, 7) is 1.58. The Morgan fingerprint density at radius 3 is 2.52 bits per heavy atom. The van der Waals surface area contributed by atoms with Crippen LogP contribution in [-0.2, 0) is 19.6 Å². The number of ketones is 1. The molecule has 9 heteroatoms. The molecule has 0 aliphatic heterocycles. The summed E-state index contributed by atoms with van der Waals surface area (Å²) in [5, 5.41) is 10.3. The van der Waals surface area contributed by atoms with Gasteiger partial charge < -0.3 is 9.84 Å². The molecule has 0 saturated heterocycles. The van der Waals surface area contributed by atoms with Gasteiger partial charge in [-0.3, -0.25) is 4.79 Å². The zero-order chi connectivity index (χ0) is 21.2. The van der Waals surface area contributed by atoms with Gasteiger partial charge in [0.15, 0.2) is 5.78 Å². The van der Waals surface area contributed by atoms with Crippen molar-refractivity contribution in [2.24, 2.45) is 0 Å². The Bertz CT molecular complexity index is 1230. The molecular formula is C20H16ClNO6S. The molecule has 0 bridgehead atoms. The van der Waals surface area contributed by atoms with Crippen molar-refractivity contribution in [3.05, 3.63) is 77.1 Å². The standard InChI is InChI=1S/C20H16ClNO6S/c1-2-28-20(25)19(24)11-18(23)16-12-22(17-9-8-13(21)10-15(16)17)29(26,27)14-6-4-3-5-7-14/h3-12,24H,2H2,1H3. The third-order valence-electron chi connectivity index (χ3n) is 4.05. The first-order valence-corrected chi connectivity index (χ1v) is 10.3. The molecule has 0 aliphatic carbocycles. The number of nitrogens with zero attached hydrogens (tertiary/aromatic N) is 1. The predicted molar refractivity (Wildman–Crippen MR) is 108 cm³/mol. The Kier molecular flexibility index (Phi) is 5.76. The lowest BCUT2D eigenvalue weighted by Gasteiger charge is -2.07. The Hall–Kier alpha value is -3.10. The molecule has 0 fully saturated rings. The second kappa shape index (κ2) is 8.10. The molecule has 1 heterocycles. The normalized spacial score (nSPS) is 12.1. The fourth-order valence-corrected chi connectivity index (χ4v) is 4.30. The fraction of sp³-hybridized carbons (Fsp3) is 0.100. The van der Waals surface area contributed by atoms with Crippen molar-refractivity contribution < 1.29 is 27.9 Å². The lowest BCUT2D eigenvalue weighted by molar-refractivity contribution is -0.141. The number of carbonyl (C=O) groups excluding carboxylic acids is 2. The summed E-state index contributed by atoms with van der Waals surface area (Å²) in [7, 11) is -4.00. The molecule has 150 valence electrons. The van der Waals surface area contributed by atoms with Gasteiger partial charge in [0, 0.05) is 28.2 Å². The first-order chi connectivity index (χ1) is 13.8. The Morgan fingerprint density at radius 1 is 1.17 bits per heavy atom. The van der Waals surface area contributed by atoms with Crippen LogP contribution in [0.15, 0.2) is 71.5 Å². The minimum atomic E-state index is -4.00. The van der Waals surface area contributed by atoms with Crippen LogP contribution in [0.3, 0.4) is 0 Å². The van der Waals surface area contributed by atoms with Crippen LogP contribution in [0, 0.1) is 0 Å². The number of hydrogen-bond acceptors (Lipinski definition) is 6. The largest absolute Gasteiger partial charge is 0.502 e. The number of aromatic nitrogens is 1. The third kappa shape index (κ3) is 4.03. The maximum absolute atomic E-state index is 13.1. The van der Waals surface area contributed by atoms with Crippen LogP contribution in [0.4, 0.5) is 0 Å². The van der Waals surface area contributed by atoms with E-state index in [-0.39, 0.29) is 28.0 Å². The summed E-state index contributed by atoms with van der Waals surface area (Å²) < 4.78 is 31.7. The van der Waals surface area contributed by atoms with E-state index in [4.69, 9.17) is 11.6 Å². The average molecular weight is 434 g/mol. The van der Waals surface area contributed by atoms with E-state index in [0.29, 0.717) is 11.1 Å². The van der Waals surface area contributed by atoms with Crippen molar-refractivity contribution >= 4 is 44.3 Å². The van der Waals surface area contributed by atoms with E-state index < -0.39 is 27.5 Å². The van der Waals surface area contributed by atoms with Crippen LogP contribution in [0.25, 0.3) is 10.9 Å². The molecule has 0 saturated carbocycles. The summed E-state index contributed by atoms with van der Waals surface area (Å²) in [5.41, 5.74) is 0.184. The molecule has 1 N–H and O–H groups in total. The van der Waals surface area contributed by atoms with Gasteiger partial charge in [0.05, 0.1) is 17.0 Å². The first kappa shape index (κ1) is 20.6. The number of fused-ring (bicyclic) bond motifs is 1. The van der Waals surface area contributed by atoms with Crippen molar-refractivity contribution in [1.82, 2.24) is 3.97 Å². The van der Waals surface area contributed by atoms with Crippen LogP contribution in [0.2, 0.25) is 5.02 Å². The minimum absolute atomic E-state index is 0.0230. The highest BCUT2D eigenvalue weighted by Gasteiger charge is 2.24. The van der Waals surface area contributed by atoms with E-state index >= 15 is 0 Å². The first-order valence-electron chi connectivity index (χ1n) is 8.49. The van der Waals surface area contributed by atoms with Crippen molar-refractivity contribution in [2.45, 2.75) is 11.8 Å². The summed E-state index contributed by atoms with van der Waals surface area (Å²) in [6, 6.07) is 12.1. The number of ether oxygens (including phenoxy) is 1. The second-order valence-corrected chi connectivity index (χ2v) is 8.18. The van der Waals surface area contributed by atoms with E-state index in [0.717, 1.165) is 10.2 Å². The molecular weight excluding hydrogens is 418 g/mol. The number of allylic oxidation sites excluding steroid dienone is 1. The predicted octanol–water partition coefficient (Wildman–Crippen LogP) is 3.72. The molecule has 0 atom stereocenters. The number of carbonyl (C=O) groups is 2. The lowest BCUT2D eigenvalue weighted by atomic mass is 10.1. The van der Waals surface area contributed by atoms with Crippen LogP contribution in [0.5, 0.6) is 0 Å². The topological polar surface area (TPSA) is 103 Å². The maximum Gasteiger partial charge on any atom is 0.373 e. The molecule has 0 unspecified atom stereocenters. The molecule has 0 aliphatic rings. The van der Waals surface area contributed by atoms with E-state index in [1.807, 2.05) is 0 Å². The minimum Gasteiger partial charge on any atom is -0.502 e. The van der Waals surface area contributed by atoms with Gasteiger partial charge >= 0.3 is 5.97 Å². The van der Waals surface area contributed by atoms with E-state index in [1.54, 1.807) is 25.1 Å². The monoisotopic (exact) mass is 433 g/mol. The number of esters is 1. The number of benzene rings is 2. The van der Waals surface area contributed by atoms with Crippen molar-refractivity contribution in [3.8, 4) is 0 Å². The molecule has 0 amide bonds. The highest BCUT2D eigenvalue weighted by Crippen LogP contribution is 2.29. The van der Waals surface area contributed by atoms with Crippen molar-refractivity contribution in [2.75, 3.05) is 6.61 Å². The average Bonchev–Trinajstić information content (AvgIpc) is 3.08. The van der Waals surface area contributed by atoms with Gasteiger partial charge in [-0.1, -0.05) is 29.8 Å². The van der Waals surface area contributed by atoms with E-state index in [1.165, 1.54) is 30.3 Å². The van der Waals surface area contributed by atoms with Crippen molar-refractivity contribution in [1.29, 1.82) is 0 Å². The summed E-state index contributed by atoms with van der Waals surface area (Å²) >= 11 is 6.02. The number of rotatable bonds is 6. The SMILES string of the molecule is CCOC(=O)C(O)=CC(=O)c1cn(S(=O)(=O)c2ccccc2)c2ccc(Cl)cc12. The van der Waals surface area contributed by atoms with Crippen LogP contribution in [0.1, 0.15) is 17.3 Å². The van der Waals surface area contributed by atoms with Gasteiger partial charge in [-0.05, 0) is 37.3 Å². The van der Waals surface area contributed by atoms with Crippen LogP contribution in [-0.4, -0.2) is 35.9 Å². The molecule has 3 rings (SSSR count).